The van der Waals surface area contributed by atoms with Crippen molar-refractivity contribution >= 4 is 11.5 Å². The van der Waals surface area contributed by atoms with Gasteiger partial charge in [-0.15, -0.1) is 15.3 Å². The Balaban J connectivity index is 1.50. The van der Waals surface area contributed by atoms with E-state index in [0.29, 0.717) is 19.3 Å². The number of hydrogen-bond donors (Lipinski definition) is 0. The molecule has 7 nitrogen and oxygen atoms in total. The Morgan fingerprint density at radius 3 is 2.92 bits per heavy atom. The van der Waals surface area contributed by atoms with Crippen LogP contribution in [0, 0.1) is 0 Å². The minimum Gasteiger partial charge on any atom is -0.486 e. The van der Waals surface area contributed by atoms with Gasteiger partial charge in [-0.1, -0.05) is 6.07 Å². The summed E-state index contributed by atoms with van der Waals surface area (Å²) in [6.07, 6.45) is 3.87. The average molecular weight is 323 g/mol. The number of anilines is 1. The van der Waals surface area contributed by atoms with Gasteiger partial charge in [0.15, 0.2) is 17.1 Å². The maximum atomic E-state index is 5.73. The summed E-state index contributed by atoms with van der Waals surface area (Å²) in [7, 11) is 0. The Labute approximate surface area is 138 Å². The molecule has 5 rings (SSSR count). The van der Waals surface area contributed by atoms with Crippen LogP contribution in [-0.2, 0) is 0 Å². The molecule has 122 valence electrons. The van der Waals surface area contributed by atoms with Crippen LogP contribution in [0.25, 0.3) is 5.65 Å². The van der Waals surface area contributed by atoms with E-state index in [4.69, 9.17) is 9.47 Å². The predicted octanol–water partition coefficient (Wildman–Crippen LogP) is 2.24. The van der Waals surface area contributed by atoms with E-state index in [0.717, 1.165) is 42.4 Å². The molecule has 0 saturated carbocycles. The van der Waals surface area contributed by atoms with E-state index in [9.17, 15) is 0 Å². The van der Waals surface area contributed by atoms with Gasteiger partial charge in [0.1, 0.15) is 25.4 Å². The Hall–Kier alpha value is -2.83. The standard InChI is InChI=1S/C17H17N5O2/c1-2-13(12-3-4-14-15(10-12)24-9-8-23-14)21(7-1)17-6-5-16-19-18-11-22(16)20-17/h3-6,10-11,13H,1-2,7-9H2/t13-/m0/s1. The van der Waals surface area contributed by atoms with Crippen LogP contribution in [0.15, 0.2) is 36.7 Å². The van der Waals surface area contributed by atoms with Crippen molar-refractivity contribution < 1.29 is 9.47 Å². The molecule has 3 aromatic rings. The molecule has 24 heavy (non-hydrogen) atoms. The Kier molecular flexibility index (Phi) is 3.04. The van der Waals surface area contributed by atoms with Gasteiger partial charge in [-0.2, -0.15) is 4.52 Å². The van der Waals surface area contributed by atoms with Gasteiger partial charge in [-0.25, -0.2) is 0 Å². The molecule has 0 amide bonds. The zero-order valence-corrected chi connectivity index (χ0v) is 13.1. The van der Waals surface area contributed by atoms with E-state index < -0.39 is 0 Å². The second-order valence-electron chi connectivity index (χ2n) is 6.08. The lowest BCUT2D eigenvalue weighted by atomic mass is 10.0. The van der Waals surface area contributed by atoms with Crippen molar-refractivity contribution in [2.75, 3.05) is 24.7 Å². The lowest BCUT2D eigenvalue weighted by molar-refractivity contribution is 0.171. The summed E-state index contributed by atoms with van der Waals surface area (Å²) >= 11 is 0. The number of fused-ring (bicyclic) bond motifs is 2. The van der Waals surface area contributed by atoms with E-state index in [2.05, 4.69) is 32.3 Å². The van der Waals surface area contributed by atoms with Crippen LogP contribution in [0.5, 0.6) is 11.5 Å². The first kappa shape index (κ1) is 13.6. The third-order valence-corrected chi connectivity index (χ3v) is 4.65. The maximum absolute atomic E-state index is 5.73. The molecule has 0 N–H and O–H groups in total. The minimum absolute atomic E-state index is 0.294. The molecule has 2 aliphatic rings. The summed E-state index contributed by atoms with van der Waals surface area (Å²) in [4.78, 5) is 2.34. The van der Waals surface area contributed by atoms with Gasteiger partial charge < -0.3 is 14.4 Å². The van der Waals surface area contributed by atoms with Crippen LogP contribution < -0.4 is 14.4 Å². The van der Waals surface area contributed by atoms with Gasteiger partial charge in [-0.3, -0.25) is 0 Å². The van der Waals surface area contributed by atoms with Crippen LogP contribution in [-0.4, -0.2) is 39.6 Å². The van der Waals surface area contributed by atoms with Crippen molar-refractivity contribution in [3.05, 3.63) is 42.2 Å². The fourth-order valence-corrected chi connectivity index (χ4v) is 3.53. The molecule has 4 heterocycles. The highest BCUT2D eigenvalue weighted by Gasteiger charge is 2.28. The van der Waals surface area contributed by atoms with Gasteiger partial charge in [0.2, 0.25) is 0 Å². The van der Waals surface area contributed by atoms with Gasteiger partial charge in [0, 0.05) is 6.54 Å². The van der Waals surface area contributed by atoms with Crippen LogP contribution in [0.3, 0.4) is 0 Å². The first-order valence-corrected chi connectivity index (χ1v) is 8.22. The van der Waals surface area contributed by atoms with Crippen molar-refractivity contribution in [3.63, 3.8) is 0 Å². The fraction of sp³-hybridized carbons (Fsp3) is 0.353. The molecule has 1 saturated heterocycles. The van der Waals surface area contributed by atoms with Crippen LogP contribution in [0.1, 0.15) is 24.4 Å². The molecule has 2 aromatic heterocycles. The molecular formula is C17H17N5O2. The van der Waals surface area contributed by atoms with Gasteiger partial charge >= 0.3 is 0 Å². The van der Waals surface area contributed by atoms with E-state index in [1.807, 2.05) is 18.2 Å². The molecule has 7 heteroatoms. The molecule has 0 spiro atoms. The van der Waals surface area contributed by atoms with Crippen molar-refractivity contribution in [1.82, 2.24) is 19.8 Å². The van der Waals surface area contributed by atoms with Crippen LogP contribution in [0.4, 0.5) is 5.82 Å². The van der Waals surface area contributed by atoms with Gasteiger partial charge in [0.25, 0.3) is 0 Å². The molecule has 2 aliphatic heterocycles. The number of aromatic nitrogens is 4. The highest BCUT2D eigenvalue weighted by atomic mass is 16.6. The maximum Gasteiger partial charge on any atom is 0.177 e. The number of hydrogen-bond acceptors (Lipinski definition) is 6. The highest BCUT2D eigenvalue weighted by molar-refractivity contribution is 5.51. The van der Waals surface area contributed by atoms with Gasteiger partial charge in [-0.05, 0) is 42.7 Å². The summed E-state index contributed by atoms with van der Waals surface area (Å²) < 4.78 is 13.1. The summed E-state index contributed by atoms with van der Waals surface area (Å²) in [5, 5.41) is 12.6. The first-order chi connectivity index (χ1) is 11.9. The van der Waals surface area contributed by atoms with Crippen molar-refractivity contribution in [1.29, 1.82) is 0 Å². The number of rotatable bonds is 2. The Morgan fingerprint density at radius 2 is 1.96 bits per heavy atom. The largest absolute Gasteiger partial charge is 0.486 e. The second kappa shape index (κ2) is 5.36. The first-order valence-electron chi connectivity index (χ1n) is 8.22. The molecule has 0 unspecified atom stereocenters. The van der Waals surface area contributed by atoms with E-state index >= 15 is 0 Å². The van der Waals surface area contributed by atoms with Gasteiger partial charge in [0.05, 0.1) is 6.04 Å². The Bertz CT molecular complexity index is 894. The quantitative estimate of drug-likeness (QED) is 0.720. The molecular weight excluding hydrogens is 306 g/mol. The summed E-state index contributed by atoms with van der Waals surface area (Å²) in [5.74, 6) is 2.62. The van der Waals surface area contributed by atoms with E-state index in [1.54, 1.807) is 10.8 Å². The third-order valence-electron chi connectivity index (χ3n) is 4.65. The summed E-state index contributed by atoms with van der Waals surface area (Å²) in [6.45, 7) is 2.21. The van der Waals surface area contributed by atoms with Crippen molar-refractivity contribution in [2.24, 2.45) is 0 Å². The molecule has 1 atom stereocenters. The third kappa shape index (κ3) is 2.16. The normalized spacial score (nSPS) is 19.8. The molecule has 0 aliphatic carbocycles. The SMILES string of the molecule is c1cc2c(cc1[C@@H]1CCCN1c1ccc3nncn3n1)OCCO2. The smallest absolute Gasteiger partial charge is 0.177 e. The summed E-state index contributed by atoms with van der Waals surface area (Å²) in [6, 6.07) is 10.5. The second-order valence-corrected chi connectivity index (χ2v) is 6.08. The lowest BCUT2D eigenvalue weighted by Crippen LogP contribution is -2.24. The topological polar surface area (TPSA) is 64.8 Å². The monoisotopic (exact) mass is 323 g/mol. The average Bonchev–Trinajstić information content (AvgIpc) is 3.29. The number of ether oxygens (including phenoxy) is 2. The van der Waals surface area contributed by atoms with Crippen LogP contribution >= 0.6 is 0 Å². The molecule has 0 bridgehead atoms. The minimum atomic E-state index is 0.294. The predicted molar refractivity (Wildman–Crippen MR) is 87.5 cm³/mol. The molecule has 0 radical (unpaired) electrons. The number of nitrogens with zero attached hydrogens (tertiary/aromatic N) is 5. The number of benzene rings is 1. The van der Waals surface area contributed by atoms with Crippen molar-refractivity contribution in [3.8, 4) is 11.5 Å². The lowest BCUT2D eigenvalue weighted by Gasteiger charge is -2.27. The van der Waals surface area contributed by atoms with Crippen molar-refractivity contribution in [2.45, 2.75) is 18.9 Å². The van der Waals surface area contributed by atoms with Crippen LogP contribution in [0.2, 0.25) is 0 Å². The van der Waals surface area contributed by atoms with E-state index in [1.165, 1.54) is 5.56 Å². The highest BCUT2D eigenvalue weighted by Crippen LogP contribution is 2.39. The zero-order valence-electron chi connectivity index (χ0n) is 13.1. The Morgan fingerprint density at radius 1 is 1.04 bits per heavy atom. The van der Waals surface area contributed by atoms with E-state index in [-0.39, 0.29) is 0 Å². The fourth-order valence-electron chi connectivity index (χ4n) is 3.53. The zero-order chi connectivity index (χ0) is 15.9. The molecule has 1 aromatic carbocycles. The summed E-state index contributed by atoms with van der Waals surface area (Å²) in [5.41, 5.74) is 2.00. The molecule has 1 fully saturated rings.